The molecule has 1 aromatic heterocycles. The Labute approximate surface area is 170 Å². The number of benzene rings is 2. The van der Waals surface area contributed by atoms with E-state index in [2.05, 4.69) is 12.1 Å². The number of amides is 1. The van der Waals surface area contributed by atoms with Crippen LogP contribution >= 0.6 is 0 Å². The van der Waals surface area contributed by atoms with Crippen molar-refractivity contribution in [2.45, 2.75) is 39.8 Å². The lowest BCUT2D eigenvalue weighted by molar-refractivity contribution is 0.0738. The first-order chi connectivity index (χ1) is 14.0. The third-order valence-electron chi connectivity index (χ3n) is 5.89. The van der Waals surface area contributed by atoms with E-state index in [-0.39, 0.29) is 11.9 Å². The van der Waals surface area contributed by atoms with Crippen molar-refractivity contribution in [3.8, 4) is 5.75 Å². The van der Waals surface area contributed by atoms with Gasteiger partial charge in [-0.15, -0.1) is 0 Å². The Balaban J connectivity index is 1.69. The van der Waals surface area contributed by atoms with Gasteiger partial charge in [-0.1, -0.05) is 29.4 Å². The molecular formula is C23H27N3O3. The summed E-state index contributed by atoms with van der Waals surface area (Å²) in [5.74, 6) is 1.65. The highest BCUT2D eigenvalue weighted by atomic mass is 16.5. The van der Waals surface area contributed by atoms with Crippen molar-refractivity contribution in [3.05, 3.63) is 59.0 Å². The molecule has 0 bridgehead atoms. The molecule has 3 aromatic rings. The van der Waals surface area contributed by atoms with Crippen LogP contribution < -0.4 is 10.5 Å². The van der Waals surface area contributed by atoms with Gasteiger partial charge in [0.25, 0.3) is 5.91 Å². The molecule has 4 rings (SSSR count). The zero-order chi connectivity index (χ0) is 20.5. The van der Waals surface area contributed by atoms with Gasteiger partial charge >= 0.3 is 0 Å². The molecule has 0 spiro atoms. The Morgan fingerprint density at radius 3 is 2.62 bits per heavy atom. The van der Waals surface area contributed by atoms with Gasteiger partial charge in [0.05, 0.1) is 16.8 Å². The van der Waals surface area contributed by atoms with E-state index in [0.717, 1.165) is 34.2 Å². The average Bonchev–Trinajstić information content (AvgIpc) is 3.26. The van der Waals surface area contributed by atoms with E-state index >= 15 is 0 Å². The molecule has 1 fully saturated rings. The molecule has 152 valence electrons. The summed E-state index contributed by atoms with van der Waals surface area (Å²) in [5.41, 5.74) is 8.15. The van der Waals surface area contributed by atoms with Crippen molar-refractivity contribution in [3.63, 3.8) is 0 Å². The Bertz CT molecular complexity index is 1020. The van der Waals surface area contributed by atoms with Crippen molar-refractivity contribution in [2.75, 3.05) is 13.1 Å². The predicted molar refractivity (Wildman–Crippen MR) is 112 cm³/mol. The topological polar surface area (TPSA) is 81.6 Å². The molecule has 1 amide bonds. The summed E-state index contributed by atoms with van der Waals surface area (Å²) >= 11 is 0. The van der Waals surface area contributed by atoms with E-state index in [0.29, 0.717) is 36.9 Å². The molecule has 6 nitrogen and oxygen atoms in total. The predicted octanol–water partition coefficient (Wildman–Crippen LogP) is 3.83. The van der Waals surface area contributed by atoms with Gasteiger partial charge in [-0.25, -0.2) is 0 Å². The molecule has 0 aliphatic carbocycles. The monoisotopic (exact) mass is 393 g/mol. The minimum absolute atomic E-state index is 0.00651. The van der Waals surface area contributed by atoms with Gasteiger partial charge < -0.3 is 19.9 Å². The van der Waals surface area contributed by atoms with Crippen LogP contribution in [0.1, 0.15) is 40.7 Å². The van der Waals surface area contributed by atoms with E-state index in [9.17, 15) is 4.79 Å². The zero-order valence-corrected chi connectivity index (χ0v) is 17.1. The van der Waals surface area contributed by atoms with Crippen molar-refractivity contribution in [1.29, 1.82) is 0 Å². The number of hydrogen-bond acceptors (Lipinski definition) is 5. The summed E-state index contributed by atoms with van der Waals surface area (Å²) in [4.78, 5) is 15.4. The minimum atomic E-state index is -0.00651. The summed E-state index contributed by atoms with van der Waals surface area (Å²) in [7, 11) is 0. The number of rotatable bonds is 5. The molecule has 0 radical (unpaired) electrons. The number of nitrogens with two attached hydrogens (primary N) is 1. The van der Waals surface area contributed by atoms with E-state index in [1.165, 1.54) is 0 Å². The van der Waals surface area contributed by atoms with Gasteiger partial charge in [0.2, 0.25) is 0 Å². The third kappa shape index (κ3) is 3.72. The summed E-state index contributed by atoms with van der Waals surface area (Å²) in [6.07, 6.45) is 0.936. The van der Waals surface area contributed by atoms with Crippen LogP contribution in [0.15, 0.2) is 40.9 Å². The first kappa shape index (κ1) is 19.5. The molecule has 1 saturated heterocycles. The number of hydrogen-bond donors (Lipinski definition) is 1. The Kier molecular flexibility index (Phi) is 5.28. The van der Waals surface area contributed by atoms with Crippen LogP contribution in [-0.4, -0.2) is 35.1 Å². The molecule has 6 heteroatoms. The number of fused-ring (bicyclic) bond motifs is 1. The number of carbonyl (C=O) groups is 1. The molecule has 0 saturated carbocycles. The fourth-order valence-corrected chi connectivity index (χ4v) is 4.11. The lowest BCUT2D eigenvalue weighted by atomic mass is 10.0. The van der Waals surface area contributed by atoms with Crippen LogP contribution in [0.5, 0.6) is 5.75 Å². The minimum Gasteiger partial charge on any atom is -0.488 e. The summed E-state index contributed by atoms with van der Waals surface area (Å²) in [6.45, 7) is 7.43. The lowest BCUT2D eigenvalue weighted by Gasteiger charge is -2.23. The number of ether oxygens (including phenoxy) is 1. The Hall–Kier alpha value is -2.86. The van der Waals surface area contributed by atoms with E-state index < -0.39 is 0 Å². The number of aromatic nitrogens is 1. The van der Waals surface area contributed by atoms with Crippen LogP contribution in [0.4, 0.5) is 0 Å². The first-order valence-electron chi connectivity index (χ1n) is 10.1. The highest BCUT2D eigenvalue weighted by Crippen LogP contribution is 2.31. The molecule has 1 aliphatic rings. The quantitative estimate of drug-likeness (QED) is 0.712. The molecule has 2 N–H and O–H groups in total. The van der Waals surface area contributed by atoms with E-state index in [4.69, 9.17) is 15.0 Å². The Morgan fingerprint density at radius 2 is 2.00 bits per heavy atom. The molecule has 29 heavy (non-hydrogen) atoms. The van der Waals surface area contributed by atoms with Gasteiger partial charge in [-0.2, -0.15) is 0 Å². The maximum absolute atomic E-state index is 13.5. The molecular weight excluding hydrogens is 366 g/mol. The molecule has 2 unspecified atom stereocenters. The van der Waals surface area contributed by atoms with Gasteiger partial charge in [0, 0.05) is 12.6 Å². The largest absolute Gasteiger partial charge is 0.488 e. The molecule has 1 aliphatic heterocycles. The second-order valence-corrected chi connectivity index (χ2v) is 7.93. The SMILES string of the molecule is Cc1noc(C)c1COc1cc2ccccc2cc1C(=O)N1CC(CN)CC1C. The van der Waals surface area contributed by atoms with Gasteiger partial charge in [0.1, 0.15) is 18.1 Å². The fourth-order valence-electron chi connectivity index (χ4n) is 4.11. The van der Waals surface area contributed by atoms with Crippen molar-refractivity contribution in [2.24, 2.45) is 11.7 Å². The van der Waals surface area contributed by atoms with Crippen LogP contribution in [0.3, 0.4) is 0 Å². The fraction of sp³-hybridized carbons (Fsp3) is 0.391. The smallest absolute Gasteiger partial charge is 0.257 e. The maximum Gasteiger partial charge on any atom is 0.257 e. The average molecular weight is 393 g/mol. The number of nitrogens with zero attached hydrogens (tertiary/aromatic N) is 2. The third-order valence-corrected chi connectivity index (χ3v) is 5.89. The lowest BCUT2D eigenvalue weighted by Crippen LogP contribution is -2.34. The zero-order valence-electron chi connectivity index (χ0n) is 17.1. The number of carbonyl (C=O) groups excluding carboxylic acids is 1. The number of aryl methyl sites for hydroxylation is 2. The summed E-state index contributed by atoms with van der Waals surface area (Å²) in [5, 5.41) is 6.04. The van der Waals surface area contributed by atoms with Crippen LogP contribution in [0.2, 0.25) is 0 Å². The van der Waals surface area contributed by atoms with Gasteiger partial charge in [0.15, 0.2) is 0 Å². The Morgan fingerprint density at radius 1 is 1.28 bits per heavy atom. The summed E-state index contributed by atoms with van der Waals surface area (Å²) < 4.78 is 11.4. The molecule has 2 atom stereocenters. The van der Waals surface area contributed by atoms with Crippen molar-refractivity contribution in [1.82, 2.24) is 10.1 Å². The van der Waals surface area contributed by atoms with E-state index in [1.807, 2.05) is 55.1 Å². The van der Waals surface area contributed by atoms with Crippen molar-refractivity contribution >= 4 is 16.7 Å². The van der Waals surface area contributed by atoms with Crippen LogP contribution in [0.25, 0.3) is 10.8 Å². The second kappa shape index (κ2) is 7.87. The highest BCUT2D eigenvalue weighted by Gasteiger charge is 2.33. The van der Waals surface area contributed by atoms with Crippen LogP contribution in [-0.2, 0) is 6.61 Å². The molecule has 2 aromatic carbocycles. The summed E-state index contributed by atoms with van der Waals surface area (Å²) in [6, 6.07) is 12.0. The normalized spacial score (nSPS) is 19.1. The number of likely N-dealkylation sites (tertiary alicyclic amines) is 1. The first-order valence-corrected chi connectivity index (χ1v) is 10.1. The van der Waals surface area contributed by atoms with Gasteiger partial charge in [-0.3, -0.25) is 4.79 Å². The van der Waals surface area contributed by atoms with Crippen LogP contribution in [0, 0.1) is 19.8 Å². The van der Waals surface area contributed by atoms with Gasteiger partial charge in [-0.05, 0) is 62.6 Å². The maximum atomic E-state index is 13.5. The second-order valence-electron chi connectivity index (χ2n) is 7.93. The highest BCUT2D eigenvalue weighted by molar-refractivity contribution is 6.02. The van der Waals surface area contributed by atoms with Crippen molar-refractivity contribution < 1.29 is 14.1 Å². The molecule has 2 heterocycles. The standard InChI is InChI=1S/C23H27N3O3/c1-14-8-17(11-24)12-26(14)23(27)20-9-18-6-4-5-7-19(18)10-22(20)28-13-21-15(2)25-29-16(21)3/h4-7,9-10,14,17H,8,11-13,24H2,1-3H3. The van der Waals surface area contributed by atoms with E-state index in [1.54, 1.807) is 0 Å².